The highest BCUT2D eigenvalue weighted by atomic mass is 32.2. The zero-order valence-corrected chi connectivity index (χ0v) is 10.1. The van der Waals surface area contributed by atoms with Gasteiger partial charge in [-0.1, -0.05) is 11.8 Å². The van der Waals surface area contributed by atoms with Crippen LogP contribution in [0, 0.1) is 6.92 Å². The fourth-order valence-corrected chi connectivity index (χ4v) is 2.84. The fourth-order valence-electron chi connectivity index (χ4n) is 1.10. The molecule has 16 heavy (non-hydrogen) atoms. The summed E-state index contributed by atoms with van der Waals surface area (Å²) in [7, 11) is 0. The van der Waals surface area contributed by atoms with E-state index in [0.29, 0.717) is 15.9 Å². The summed E-state index contributed by atoms with van der Waals surface area (Å²) in [5, 5.41) is 9.37. The van der Waals surface area contributed by atoms with Crippen molar-refractivity contribution in [2.24, 2.45) is 0 Å². The number of aryl methyl sites for hydroxylation is 1. The first-order chi connectivity index (χ1) is 7.65. The molecule has 1 N–H and O–H groups in total. The second-order valence-corrected chi connectivity index (χ2v) is 5.21. The van der Waals surface area contributed by atoms with Crippen molar-refractivity contribution in [3.05, 3.63) is 33.8 Å². The van der Waals surface area contributed by atoms with Crippen LogP contribution < -0.4 is 0 Å². The number of carboxylic acids is 1. The second-order valence-electron chi connectivity index (χ2n) is 3.11. The highest BCUT2D eigenvalue weighted by Crippen LogP contribution is 2.26. The Morgan fingerprint density at radius 3 is 3.00 bits per heavy atom. The molecule has 0 amide bonds. The third kappa shape index (κ3) is 2.65. The molecule has 0 saturated heterocycles. The van der Waals surface area contributed by atoms with Crippen molar-refractivity contribution in [2.75, 3.05) is 0 Å². The molecule has 0 unspecified atom stereocenters. The number of aromatic carboxylic acids is 1. The van der Waals surface area contributed by atoms with Crippen LogP contribution in [0.15, 0.2) is 28.0 Å². The quantitative estimate of drug-likeness (QED) is 0.851. The van der Waals surface area contributed by atoms with Gasteiger partial charge in [-0.3, -0.25) is 0 Å². The van der Waals surface area contributed by atoms with E-state index in [2.05, 4.69) is 4.98 Å². The van der Waals surface area contributed by atoms with Crippen molar-refractivity contribution < 1.29 is 14.3 Å². The molecule has 0 atom stereocenters. The maximum Gasteiger partial charge on any atom is 0.345 e. The monoisotopic (exact) mass is 255 g/mol. The standard InChI is InChI=1S/C10H9NO3S2/c1-6-4-14-10(11-6)15-5-7-2-3-8(16-7)9(12)13/h2-4H,5H2,1H3,(H,12,13). The third-order valence-electron chi connectivity index (χ3n) is 1.81. The first-order valence-electron chi connectivity index (χ1n) is 4.52. The van der Waals surface area contributed by atoms with E-state index >= 15 is 0 Å². The summed E-state index contributed by atoms with van der Waals surface area (Å²) in [5.74, 6) is -0.203. The molecular formula is C10H9NO3S2. The molecule has 0 spiro atoms. The minimum atomic E-state index is -0.881. The van der Waals surface area contributed by atoms with Gasteiger partial charge in [-0.2, -0.15) is 0 Å². The van der Waals surface area contributed by atoms with Gasteiger partial charge in [0.2, 0.25) is 0 Å². The average Bonchev–Trinajstić information content (AvgIpc) is 2.83. The van der Waals surface area contributed by atoms with E-state index < -0.39 is 5.97 Å². The van der Waals surface area contributed by atoms with E-state index in [0.717, 1.165) is 10.6 Å². The summed E-state index contributed by atoms with van der Waals surface area (Å²) < 4.78 is 5.18. The molecule has 2 aromatic rings. The van der Waals surface area contributed by atoms with Gasteiger partial charge in [0.15, 0.2) is 0 Å². The number of thioether (sulfide) groups is 1. The van der Waals surface area contributed by atoms with Crippen LogP contribution in [0.5, 0.6) is 0 Å². The predicted molar refractivity (Wildman–Crippen MR) is 62.1 cm³/mol. The molecule has 2 heterocycles. The molecule has 84 valence electrons. The normalized spacial score (nSPS) is 10.6. The fraction of sp³-hybridized carbons (Fsp3) is 0.200. The summed E-state index contributed by atoms with van der Waals surface area (Å²) in [4.78, 5) is 16.2. The number of thiophene rings is 1. The SMILES string of the molecule is Cc1coc(SCc2ccc(C(=O)O)s2)n1. The lowest BCUT2D eigenvalue weighted by Gasteiger charge is -1.92. The van der Waals surface area contributed by atoms with Gasteiger partial charge in [0, 0.05) is 10.6 Å². The van der Waals surface area contributed by atoms with Gasteiger partial charge >= 0.3 is 5.97 Å². The van der Waals surface area contributed by atoms with E-state index in [-0.39, 0.29) is 0 Å². The van der Waals surface area contributed by atoms with Gasteiger partial charge in [0.1, 0.15) is 11.1 Å². The lowest BCUT2D eigenvalue weighted by Crippen LogP contribution is -1.89. The lowest BCUT2D eigenvalue weighted by atomic mass is 10.4. The molecule has 0 aliphatic carbocycles. The van der Waals surface area contributed by atoms with Gasteiger partial charge < -0.3 is 9.52 Å². The van der Waals surface area contributed by atoms with Crippen LogP contribution in [-0.2, 0) is 5.75 Å². The van der Waals surface area contributed by atoms with Crippen molar-refractivity contribution in [1.29, 1.82) is 0 Å². The number of carboxylic acid groups (broad SMARTS) is 1. The molecule has 2 rings (SSSR count). The predicted octanol–water partition coefficient (Wildman–Crippen LogP) is 3.04. The maximum atomic E-state index is 10.7. The molecular weight excluding hydrogens is 246 g/mol. The maximum absolute atomic E-state index is 10.7. The highest BCUT2D eigenvalue weighted by Gasteiger charge is 2.08. The minimum Gasteiger partial charge on any atom is -0.477 e. The average molecular weight is 255 g/mol. The largest absolute Gasteiger partial charge is 0.477 e. The van der Waals surface area contributed by atoms with Crippen molar-refractivity contribution >= 4 is 29.1 Å². The first kappa shape index (κ1) is 11.2. The smallest absolute Gasteiger partial charge is 0.345 e. The molecule has 0 radical (unpaired) electrons. The molecule has 0 aliphatic rings. The van der Waals surface area contributed by atoms with Crippen LogP contribution in [-0.4, -0.2) is 16.1 Å². The Morgan fingerprint density at radius 1 is 1.62 bits per heavy atom. The van der Waals surface area contributed by atoms with E-state index in [1.807, 2.05) is 13.0 Å². The third-order valence-corrected chi connectivity index (χ3v) is 3.95. The number of hydrogen-bond acceptors (Lipinski definition) is 5. The molecule has 0 bridgehead atoms. The summed E-state index contributed by atoms with van der Waals surface area (Å²) >= 11 is 2.74. The molecule has 0 aliphatic heterocycles. The Morgan fingerprint density at radius 2 is 2.44 bits per heavy atom. The second kappa shape index (κ2) is 4.71. The van der Waals surface area contributed by atoms with Gasteiger partial charge in [-0.05, 0) is 19.1 Å². The van der Waals surface area contributed by atoms with Crippen LogP contribution in [0.4, 0.5) is 0 Å². The topological polar surface area (TPSA) is 63.3 Å². The minimum absolute atomic E-state index is 0.360. The van der Waals surface area contributed by atoms with Gasteiger partial charge in [0.25, 0.3) is 5.22 Å². The summed E-state index contributed by atoms with van der Waals surface area (Å²) in [6.45, 7) is 1.86. The highest BCUT2D eigenvalue weighted by molar-refractivity contribution is 7.98. The number of nitrogens with zero attached hydrogens (tertiary/aromatic N) is 1. The number of rotatable bonds is 4. The molecule has 0 saturated carbocycles. The Kier molecular flexibility index (Phi) is 3.31. The molecule has 2 aromatic heterocycles. The van der Waals surface area contributed by atoms with Crippen molar-refractivity contribution in [3.8, 4) is 0 Å². The van der Waals surface area contributed by atoms with Gasteiger partial charge in [-0.15, -0.1) is 11.3 Å². The molecule has 6 heteroatoms. The number of hydrogen-bond donors (Lipinski definition) is 1. The summed E-state index contributed by atoms with van der Waals surface area (Å²) in [6.07, 6.45) is 1.60. The van der Waals surface area contributed by atoms with E-state index in [1.54, 1.807) is 12.3 Å². The Labute approximate surface area is 100 Å². The van der Waals surface area contributed by atoms with Crippen molar-refractivity contribution in [2.45, 2.75) is 17.9 Å². The molecule has 0 aromatic carbocycles. The number of carbonyl (C=O) groups is 1. The Balaban J connectivity index is 1.97. The van der Waals surface area contributed by atoms with Crippen LogP contribution in [0.1, 0.15) is 20.2 Å². The van der Waals surface area contributed by atoms with Crippen molar-refractivity contribution in [3.63, 3.8) is 0 Å². The number of aromatic nitrogens is 1. The van der Waals surface area contributed by atoms with Crippen LogP contribution in [0.25, 0.3) is 0 Å². The first-order valence-corrected chi connectivity index (χ1v) is 6.32. The Bertz CT molecular complexity index is 504. The summed E-state index contributed by atoms with van der Waals surface area (Å²) in [6, 6.07) is 3.43. The van der Waals surface area contributed by atoms with Crippen LogP contribution in [0.3, 0.4) is 0 Å². The molecule has 4 nitrogen and oxygen atoms in total. The van der Waals surface area contributed by atoms with Crippen LogP contribution >= 0.6 is 23.1 Å². The zero-order valence-electron chi connectivity index (χ0n) is 8.47. The van der Waals surface area contributed by atoms with Crippen molar-refractivity contribution in [1.82, 2.24) is 4.98 Å². The zero-order chi connectivity index (χ0) is 11.5. The van der Waals surface area contributed by atoms with Crippen LogP contribution in [0.2, 0.25) is 0 Å². The van der Waals surface area contributed by atoms with Gasteiger partial charge in [0.05, 0.1) is 5.69 Å². The van der Waals surface area contributed by atoms with Gasteiger partial charge in [-0.25, -0.2) is 9.78 Å². The Hall–Kier alpha value is -1.27. The number of oxazole rings is 1. The lowest BCUT2D eigenvalue weighted by molar-refractivity contribution is 0.0702. The molecule has 0 fully saturated rings. The van der Waals surface area contributed by atoms with E-state index in [1.165, 1.54) is 23.1 Å². The van der Waals surface area contributed by atoms with E-state index in [4.69, 9.17) is 9.52 Å². The van der Waals surface area contributed by atoms with E-state index in [9.17, 15) is 4.79 Å². The summed E-state index contributed by atoms with van der Waals surface area (Å²) in [5.41, 5.74) is 0.847.